The minimum absolute atomic E-state index is 0.126. The van der Waals surface area contributed by atoms with Crippen molar-refractivity contribution in [2.24, 2.45) is 0 Å². The normalized spacial score (nSPS) is 18.5. The van der Waals surface area contributed by atoms with Crippen LogP contribution >= 0.6 is 11.6 Å². The first-order valence-electron chi connectivity index (χ1n) is 12.3. The SMILES string of the molecule is COc1cccc(C2CCN(CCNCc3nc(C4(c5ccc(Cl)cc5)CCC4)no3)CC2)c1. The predicted molar refractivity (Wildman–Crippen MR) is 133 cm³/mol. The summed E-state index contributed by atoms with van der Waals surface area (Å²) in [6.45, 7) is 4.78. The van der Waals surface area contributed by atoms with Gasteiger partial charge >= 0.3 is 0 Å². The molecular formula is C27H33ClN4O2. The Morgan fingerprint density at radius 1 is 1.15 bits per heavy atom. The van der Waals surface area contributed by atoms with Crippen molar-refractivity contribution in [1.82, 2.24) is 20.4 Å². The van der Waals surface area contributed by atoms with Crippen molar-refractivity contribution in [3.8, 4) is 5.75 Å². The van der Waals surface area contributed by atoms with E-state index in [2.05, 4.69) is 45.7 Å². The molecule has 2 heterocycles. The smallest absolute Gasteiger partial charge is 0.240 e. The Balaban J connectivity index is 1.07. The van der Waals surface area contributed by atoms with Crippen LogP contribution in [0.2, 0.25) is 5.02 Å². The maximum absolute atomic E-state index is 6.08. The fourth-order valence-electron chi connectivity index (χ4n) is 5.28. The van der Waals surface area contributed by atoms with Crippen LogP contribution in [0.3, 0.4) is 0 Å². The highest BCUT2D eigenvalue weighted by Gasteiger charge is 2.44. The van der Waals surface area contributed by atoms with Gasteiger partial charge in [0.1, 0.15) is 5.75 Å². The van der Waals surface area contributed by atoms with E-state index in [0.29, 0.717) is 18.4 Å². The van der Waals surface area contributed by atoms with Crippen molar-refractivity contribution in [3.63, 3.8) is 0 Å². The molecule has 0 atom stereocenters. The highest BCUT2D eigenvalue weighted by molar-refractivity contribution is 6.30. The lowest BCUT2D eigenvalue weighted by atomic mass is 9.64. The Kier molecular flexibility index (Phi) is 7.18. The molecule has 1 saturated carbocycles. The lowest BCUT2D eigenvalue weighted by molar-refractivity contribution is 0.211. The largest absolute Gasteiger partial charge is 0.497 e. The summed E-state index contributed by atoms with van der Waals surface area (Å²) in [7, 11) is 1.73. The number of rotatable bonds is 9. The first-order chi connectivity index (χ1) is 16.7. The van der Waals surface area contributed by atoms with Crippen LogP contribution in [0.5, 0.6) is 5.75 Å². The van der Waals surface area contributed by atoms with Crippen LogP contribution < -0.4 is 10.1 Å². The highest BCUT2D eigenvalue weighted by atomic mass is 35.5. The van der Waals surface area contributed by atoms with Crippen LogP contribution in [-0.4, -0.2) is 48.3 Å². The van der Waals surface area contributed by atoms with Gasteiger partial charge in [0.05, 0.1) is 19.1 Å². The zero-order valence-electron chi connectivity index (χ0n) is 19.8. The Bertz CT molecular complexity index is 1070. The van der Waals surface area contributed by atoms with Crippen LogP contribution in [0.1, 0.15) is 60.9 Å². The van der Waals surface area contributed by atoms with Gasteiger partial charge in [-0.05, 0) is 80.1 Å². The molecule has 0 bridgehead atoms. The van der Waals surface area contributed by atoms with Crippen LogP contribution in [0, 0.1) is 0 Å². The number of hydrogen-bond acceptors (Lipinski definition) is 6. The number of halogens is 1. The molecule has 2 aromatic carbocycles. The summed E-state index contributed by atoms with van der Waals surface area (Å²) in [5, 5.41) is 8.58. The summed E-state index contributed by atoms with van der Waals surface area (Å²) in [5.41, 5.74) is 2.49. The molecule has 0 spiro atoms. The second kappa shape index (κ2) is 10.5. The summed E-state index contributed by atoms with van der Waals surface area (Å²) >= 11 is 6.08. The van der Waals surface area contributed by atoms with Gasteiger partial charge in [-0.2, -0.15) is 4.98 Å². The number of nitrogens with zero attached hydrogens (tertiary/aromatic N) is 3. The molecule has 1 aromatic heterocycles. The third-order valence-electron chi connectivity index (χ3n) is 7.53. The molecule has 1 aliphatic heterocycles. The van der Waals surface area contributed by atoms with E-state index in [1.807, 2.05) is 18.2 Å². The number of piperidine rings is 1. The second-order valence-corrected chi connectivity index (χ2v) is 9.96. The molecule has 3 aromatic rings. The predicted octanol–water partition coefficient (Wildman–Crippen LogP) is 5.17. The van der Waals surface area contributed by atoms with Crippen molar-refractivity contribution >= 4 is 11.6 Å². The van der Waals surface area contributed by atoms with Crippen LogP contribution in [0.25, 0.3) is 0 Å². The van der Waals surface area contributed by atoms with Crippen LogP contribution in [0.4, 0.5) is 0 Å². The van der Waals surface area contributed by atoms with Crippen molar-refractivity contribution in [3.05, 3.63) is 76.4 Å². The van der Waals surface area contributed by atoms with Gasteiger partial charge in [0.15, 0.2) is 5.82 Å². The van der Waals surface area contributed by atoms with E-state index < -0.39 is 0 Å². The van der Waals surface area contributed by atoms with Gasteiger partial charge in [-0.1, -0.05) is 47.4 Å². The van der Waals surface area contributed by atoms with Gasteiger partial charge in [0.2, 0.25) is 5.89 Å². The summed E-state index contributed by atoms with van der Waals surface area (Å²) in [5.74, 6) is 3.03. The zero-order chi connectivity index (χ0) is 23.4. The number of benzene rings is 2. The van der Waals surface area contributed by atoms with Crippen molar-refractivity contribution < 1.29 is 9.26 Å². The van der Waals surface area contributed by atoms with E-state index >= 15 is 0 Å². The lowest BCUT2D eigenvalue weighted by Crippen LogP contribution is -2.37. The first-order valence-corrected chi connectivity index (χ1v) is 12.7. The van der Waals surface area contributed by atoms with Crippen molar-refractivity contribution in [1.29, 1.82) is 0 Å². The number of ether oxygens (including phenoxy) is 1. The number of likely N-dealkylation sites (tertiary alicyclic amines) is 1. The van der Waals surface area contributed by atoms with E-state index in [9.17, 15) is 0 Å². The number of nitrogens with one attached hydrogen (secondary N) is 1. The monoisotopic (exact) mass is 480 g/mol. The third kappa shape index (κ3) is 4.99. The van der Waals surface area contributed by atoms with Crippen LogP contribution in [-0.2, 0) is 12.0 Å². The fourth-order valence-corrected chi connectivity index (χ4v) is 5.41. The van der Waals surface area contributed by atoms with Gasteiger partial charge in [0.25, 0.3) is 0 Å². The van der Waals surface area contributed by atoms with Gasteiger partial charge in [-0.3, -0.25) is 0 Å². The molecule has 1 saturated heterocycles. The van der Waals surface area contributed by atoms with E-state index in [0.717, 1.165) is 55.6 Å². The Morgan fingerprint density at radius 3 is 2.65 bits per heavy atom. The highest BCUT2D eigenvalue weighted by Crippen LogP contribution is 2.47. The van der Waals surface area contributed by atoms with Gasteiger partial charge < -0.3 is 19.5 Å². The van der Waals surface area contributed by atoms with Crippen molar-refractivity contribution in [2.75, 3.05) is 33.3 Å². The number of methoxy groups -OCH3 is 1. The fraction of sp³-hybridized carbons (Fsp3) is 0.481. The van der Waals surface area contributed by atoms with Gasteiger partial charge in [-0.25, -0.2) is 0 Å². The molecular weight excluding hydrogens is 448 g/mol. The molecule has 5 rings (SSSR count). The minimum atomic E-state index is -0.126. The van der Waals surface area contributed by atoms with E-state index in [1.54, 1.807) is 7.11 Å². The average molecular weight is 481 g/mol. The average Bonchev–Trinajstić information content (AvgIpc) is 3.32. The molecule has 2 aliphatic rings. The molecule has 0 radical (unpaired) electrons. The molecule has 1 aliphatic carbocycles. The zero-order valence-corrected chi connectivity index (χ0v) is 20.6. The van der Waals surface area contributed by atoms with Gasteiger partial charge in [-0.15, -0.1) is 0 Å². The maximum atomic E-state index is 6.08. The standard InChI is InChI=1S/C27H33ClN4O2/c1-33-24-5-2-4-21(18-24)20-10-15-32(16-11-20)17-14-29-19-25-30-26(31-34-25)27(12-3-13-27)22-6-8-23(28)9-7-22/h2,4-9,18,20,29H,3,10-17,19H2,1H3. The molecule has 0 unspecified atom stereocenters. The molecule has 34 heavy (non-hydrogen) atoms. The molecule has 1 N–H and O–H groups in total. The van der Waals surface area contributed by atoms with Crippen molar-refractivity contribution in [2.45, 2.75) is 50.0 Å². The first kappa shape index (κ1) is 23.3. The number of aromatic nitrogens is 2. The van der Waals surface area contributed by atoms with Crippen LogP contribution in [0.15, 0.2) is 53.1 Å². The summed E-state index contributed by atoms with van der Waals surface area (Å²) in [4.78, 5) is 7.28. The molecule has 7 heteroatoms. The summed E-state index contributed by atoms with van der Waals surface area (Å²) in [6.07, 6.45) is 5.65. The summed E-state index contributed by atoms with van der Waals surface area (Å²) < 4.78 is 11.0. The Morgan fingerprint density at radius 2 is 1.94 bits per heavy atom. The summed E-state index contributed by atoms with van der Waals surface area (Å²) in [6, 6.07) is 16.6. The molecule has 2 fully saturated rings. The Hall–Kier alpha value is -2.41. The lowest BCUT2D eigenvalue weighted by Gasteiger charge is -2.39. The van der Waals surface area contributed by atoms with E-state index in [1.165, 1.54) is 30.4 Å². The maximum Gasteiger partial charge on any atom is 0.240 e. The molecule has 6 nitrogen and oxygen atoms in total. The topological polar surface area (TPSA) is 63.4 Å². The van der Waals surface area contributed by atoms with E-state index in [-0.39, 0.29) is 5.41 Å². The minimum Gasteiger partial charge on any atom is -0.497 e. The second-order valence-electron chi connectivity index (χ2n) is 9.52. The third-order valence-corrected chi connectivity index (χ3v) is 7.79. The van der Waals surface area contributed by atoms with E-state index in [4.69, 9.17) is 25.8 Å². The quantitative estimate of drug-likeness (QED) is 0.426. The Labute approximate surface area is 206 Å². The number of hydrogen-bond donors (Lipinski definition) is 1. The molecule has 180 valence electrons. The molecule has 0 amide bonds. The van der Waals surface area contributed by atoms with Gasteiger partial charge in [0, 0.05) is 18.1 Å².